The van der Waals surface area contributed by atoms with Gasteiger partial charge in [0.2, 0.25) is 5.91 Å². The highest BCUT2D eigenvalue weighted by atomic mass is 16.6. The van der Waals surface area contributed by atoms with Gasteiger partial charge in [0, 0.05) is 39.6 Å². The average Bonchev–Trinajstić information content (AvgIpc) is 3.84. The zero-order valence-electron chi connectivity index (χ0n) is 24.5. The quantitative estimate of drug-likeness (QED) is 0.0734. The van der Waals surface area contributed by atoms with Crippen LogP contribution in [0.4, 0.5) is 0 Å². The van der Waals surface area contributed by atoms with Crippen molar-refractivity contribution in [2.75, 3.05) is 59.8 Å². The van der Waals surface area contributed by atoms with E-state index in [0.717, 1.165) is 19.1 Å². The molecule has 40 heavy (non-hydrogen) atoms. The molecule has 0 bridgehead atoms. The number of ether oxygens (including phenoxy) is 6. The first kappa shape index (κ1) is 32.6. The highest BCUT2D eigenvalue weighted by molar-refractivity contribution is 5.76. The molecule has 2 heterocycles. The number of nitrogens with one attached hydrogen (secondary N) is 2. The Morgan fingerprint density at radius 3 is 2.50 bits per heavy atom. The monoisotopic (exact) mass is 568 g/mol. The number of hydrogen-bond acceptors (Lipinski definition) is 10. The number of rotatable bonds is 20. The second kappa shape index (κ2) is 15.9. The number of carbonyl (C=O) groups is 3. The molecular weight excluding hydrogens is 520 g/mol. The van der Waals surface area contributed by atoms with Crippen LogP contribution in [0.2, 0.25) is 0 Å². The number of hydrogen-bond donors (Lipinski definition) is 2. The lowest BCUT2D eigenvalue weighted by molar-refractivity contribution is -0.172. The number of carbonyl (C=O) groups excluding carboxylic acids is 3. The zero-order chi connectivity index (χ0) is 29.0. The van der Waals surface area contributed by atoms with Gasteiger partial charge < -0.3 is 43.8 Å². The minimum absolute atomic E-state index is 0.00851. The number of methoxy groups -OCH3 is 1. The van der Waals surface area contributed by atoms with E-state index in [0.29, 0.717) is 65.4 Å². The summed E-state index contributed by atoms with van der Waals surface area (Å²) < 4.78 is 35.0. The summed E-state index contributed by atoms with van der Waals surface area (Å²) in [6.07, 6.45) is 6.00. The summed E-state index contributed by atoms with van der Waals surface area (Å²) >= 11 is 0. The summed E-state index contributed by atoms with van der Waals surface area (Å²) in [5.74, 6) is -0.336. The largest absolute Gasteiger partial charge is 0.460 e. The van der Waals surface area contributed by atoms with Gasteiger partial charge in [0.05, 0.1) is 45.0 Å². The van der Waals surface area contributed by atoms with Crippen LogP contribution in [-0.2, 0) is 42.8 Å². The normalized spacial score (nSPS) is 30.5. The van der Waals surface area contributed by atoms with Crippen molar-refractivity contribution in [1.29, 1.82) is 0 Å². The molecule has 2 saturated heterocycles. The highest BCUT2D eigenvalue weighted by Gasteiger charge is 2.72. The number of epoxide rings is 2. The van der Waals surface area contributed by atoms with Crippen LogP contribution in [0.3, 0.4) is 0 Å². The molecule has 228 valence electrons. The van der Waals surface area contributed by atoms with Gasteiger partial charge in [0.1, 0.15) is 29.7 Å². The van der Waals surface area contributed by atoms with Crippen molar-refractivity contribution in [3.05, 3.63) is 11.6 Å². The van der Waals surface area contributed by atoms with Gasteiger partial charge in [-0.05, 0) is 46.5 Å². The molecular formula is C29H48N2O9. The Bertz CT molecular complexity index is 858. The van der Waals surface area contributed by atoms with Crippen LogP contribution >= 0.6 is 0 Å². The SMILES string of the molecule is COC1C(OC(=O)CCCOCCOCCNC(=O)CCNCC=O)CC[C@]2(CO2)C1[C@]1(C)O[C@@H]1CC=C(C)C. The maximum Gasteiger partial charge on any atom is 0.306 e. The lowest BCUT2D eigenvalue weighted by atomic mass is 9.68. The number of allylic oxidation sites excluding steroid dienone is 1. The summed E-state index contributed by atoms with van der Waals surface area (Å²) in [4.78, 5) is 34.4. The summed E-state index contributed by atoms with van der Waals surface area (Å²) in [5, 5.41) is 5.58. The van der Waals surface area contributed by atoms with E-state index < -0.39 is 0 Å². The van der Waals surface area contributed by atoms with Crippen molar-refractivity contribution in [2.45, 2.75) is 88.8 Å². The Morgan fingerprint density at radius 2 is 1.82 bits per heavy atom. The molecule has 6 atom stereocenters. The molecule has 0 aromatic rings. The summed E-state index contributed by atoms with van der Waals surface area (Å²) in [6.45, 7) is 9.75. The van der Waals surface area contributed by atoms with E-state index in [9.17, 15) is 14.4 Å². The van der Waals surface area contributed by atoms with Crippen molar-refractivity contribution in [3.63, 3.8) is 0 Å². The van der Waals surface area contributed by atoms with Crippen LogP contribution in [0.15, 0.2) is 11.6 Å². The van der Waals surface area contributed by atoms with Crippen molar-refractivity contribution < 1.29 is 42.8 Å². The summed E-state index contributed by atoms with van der Waals surface area (Å²) in [7, 11) is 1.68. The lowest BCUT2D eigenvalue weighted by Gasteiger charge is -2.42. The first-order valence-electron chi connectivity index (χ1n) is 14.5. The Kier molecular flexibility index (Phi) is 13.0. The molecule has 11 nitrogen and oxygen atoms in total. The third-order valence-electron chi connectivity index (χ3n) is 7.89. The molecule has 3 rings (SSSR count). The Labute approximate surface area is 238 Å². The van der Waals surface area contributed by atoms with E-state index in [4.69, 9.17) is 28.4 Å². The van der Waals surface area contributed by atoms with Crippen LogP contribution < -0.4 is 10.6 Å². The van der Waals surface area contributed by atoms with Gasteiger partial charge in [0.25, 0.3) is 0 Å². The van der Waals surface area contributed by atoms with E-state index >= 15 is 0 Å². The Morgan fingerprint density at radius 1 is 1.07 bits per heavy atom. The van der Waals surface area contributed by atoms with Gasteiger partial charge in [-0.1, -0.05) is 11.6 Å². The molecule has 2 N–H and O–H groups in total. The minimum atomic E-state index is -0.356. The molecule has 2 aliphatic heterocycles. The maximum absolute atomic E-state index is 12.6. The molecule has 3 unspecified atom stereocenters. The highest BCUT2D eigenvalue weighted by Crippen LogP contribution is 2.59. The first-order chi connectivity index (χ1) is 19.3. The van der Waals surface area contributed by atoms with Gasteiger partial charge >= 0.3 is 5.97 Å². The fourth-order valence-electron chi connectivity index (χ4n) is 5.65. The van der Waals surface area contributed by atoms with Crippen LogP contribution in [0, 0.1) is 5.92 Å². The fourth-order valence-corrected chi connectivity index (χ4v) is 5.65. The lowest BCUT2D eigenvalue weighted by Crippen LogP contribution is -2.55. The molecule has 0 aromatic carbocycles. The number of amides is 1. The topological polar surface area (TPSA) is 137 Å². The van der Waals surface area contributed by atoms with Gasteiger partial charge in [-0.25, -0.2) is 0 Å². The zero-order valence-corrected chi connectivity index (χ0v) is 24.5. The third kappa shape index (κ3) is 9.60. The van der Waals surface area contributed by atoms with Crippen LogP contribution in [0.1, 0.15) is 59.3 Å². The molecule has 11 heteroatoms. The predicted octanol–water partition coefficient (Wildman–Crippen LogP) is 1.71. The van der Waals surface area contributed by atoms with Gasteiger partial charge in [-0.2, -0.15) is 0 Å². The average molecular weight is 569 g/mol. The van der Waals surface area contributed by atoms with Gasteiger partial charge in [0.15, 0.2) is 0 Å². The Hall–Kier alpha value is -1.89. The van der Waals surface area contributed by atoms with E-state index in [1.165, 1.54) is 5.57 Å². The third-order valence-corrected chi connectivity index (χ3v) is 7.89. The molecule has 0 radical (unpaired) electrons. The second-order valence-corrected chi connectivity index (χ2v) is 11.2. The van der Waals surface area contributed by atoms with Crippen LogP contribution in [0.25, 0.3) is 0 Å². The van der Waals surface area contributed by atoms with E-state index in [1.807, 2.05) is 0 Å². The predicted molar refractivity (Wildman–Crippen MR) is 147 cm³/mol. The van der Waals surface area contributed by atoms with Crippen LogP contribution in [0.5, 0.6) is 0 Å². The van der Waals surface area contributed by atoms with Crippen molar-refractivity contribution >= 4 is 18.2 Å². The van der Waals surface area contributed by atoms with Crippen molar-refractivity contribution in [1.82, 2.24) is 10.6 Å². The molecule has 1 aliphatic carbocycles. The van der Waals surface area contributed by atoms with Crippen LogP contribution in [-0.4, -0.2) is 107 Å². The smallest absolute Gasteiger partial charge is 0.306 e. The van der Waals surface area contributed by atoms with E-state index in [1.54, 1.807) is 7.11 Å². The van der Waals surface area contributed by atoms with E-state index in [2.05, 4.69) is 37.5 Å². The summed E-state index contributed by atoms with van der Waals surface area (Å²) in [6, 6.07) is 0. The molecule has 0 aromatic heterocycles. The van der Waals surface area contributed by atoms with Crippen molar-refractivity contribution in [2.24, 2.45) is 5.92 Å². The van der Waals surface area contributed by atoms with Crippen molar-refractivity contribution in [3.8, 4) is 0 Å². The molecule has 1 spiro atoms. The number of esters is 1. The standard InChI is InChI=1S/C29H48N2O9/c1-21(2)7-8-23-28(3,40-23)27-26(35-4)22(9-11-29(27)20-38-29)39-25(34)6-5-16-36-18-19-37-17-14-31-24(33)10-12-30-13-15-32/h7,15,22-23,26-27,30H,5-6,8-14,16-20H2,1-4H3,(H,31,33)/t22?,23-,26?,27?,28-,29+/m1/s1. The second-order valence-electron chi connectivity index (χ2n) is 11.2. The molecule has 3 fully saturated rings. The molecule has 1 saturated carbocycles. The Balaban J connectivity index is 1.27. The fraction of sp³-hybridized carbons (Fsp3) is 0.828. The van der Waals surface area contributed by atoms with Gasteiger partial charge in [-0.3, -0.25) is 9.59 Å². The van der Waals surface area contributed by atoms with Gasteiger partial charge in [-0.15, -0.1) is 0 Å². The minimum Gasteiger partial charge on any atom is -0.460 e. The maximum atomic E-state index is 12.6. The molecule has 1 amide bonds. The summed E-state index contributed by atoms with van der Waals surface area (Å²) in [5.41, 5.74) is 0.670. The number of aldehydes is 1. The molecule has 3 aliphatic rings. The first-order valence-corrected chi connectivity index (χ1v) is 14.5. The van der Waals surface area contributed by atoms with E-state index in [-0.39, 0.29) is 60.3 Å².